The largest absolute Gasteiger partial charge is 0.486 e. The number of fused-ring (bicyclic) bond motifs is 2. The van der Waals surface area contributed by atoms with Gasteiger partial charge in [-0.1, -0.05) is 23.4 Å². The van der Waals surface area contributed by atoms with Crippen LogP contribution in [0, 0.1) is 0 Å². The number of nitrogens with zero attached hydrogens (tertiary/aromatic N) is 3. The fourth-order valence-electron chi connectivity index (χ4n) is 2.53. The zero-order valence-electron chi connectivity index (χ0n) is 13.1. The minimum atomic E-state index is -4.43. The molecular weight excluding hydrogens is 391 g/mol. The quantitative estimate of drug-likeness (QED) is 0.606. The Balaban J connectivity index is 1.59. The van der Waals surface area contributed by atoms with Gasteiger partial charge in [-0.15, -0.1) is 10.2 Å². The maximum atomic E-state index is 12.9. The third-order valence-corrected chi connectivity index (χ3v) is 5.02. The Labute approximate surface area is 155 Å². The molecule has 0 saturated heterocycles. The van der Waals surface area contributed by atoms with Crippen molar-refractivity contribution in [2.24, 2.45) is 0 Å². The van der Waals surface area contributed by atoms with E-state index in [1.807, 2.05) is 0 Å². The summed E-state index contributed by atoms with van der Waals surface area (Å²) in [6, 6.07) is 5.82. The summed E-state index contributed by atoms with van der Waals surface area (Å²) in [7, 11) is 0. The summed E-state index contributed by atoms with van der Waals surface area (Å²) >= 11 is 7.46. The van der Waals surface area contributed by atoms with Crippen LogP contribution in [0.5, 0.6) is 11.5 Å². The molecule has 3 heterocycles. The third kappa shape index (κ3) is 3.28. The van der Waals surface area contributed by atoms with Crippen LogP contribution in [0.25, 0.3) is 5.65 Å². The lowest BCUT2D eigenvalue weighted by Crippen LogP contribution is -2.15. The van der Waals surface area contributed by atoms with E-state index < -0.39 is 11.7 Å². The predicted molar refractivity (Wildman–Crippen MR) is 90.0 cm³/mol. The van der Waals surface area contributed by atoms with E-state index >= 15 is 0 Å². The van der Waals surface area contributed by atoms with E-state index in [1.165, 1.54) is 22.2 Å². The number of rotatable bonds is 3. The molecule has 26 heavy (non-hydrogen) atoms. The van der Waals surface area contributed by atoms with Crippen molar-refractivity contribution in [3.8, 4) is 11.5 Å². The van der Waals surface area contributed by atoms with Gasteiger partial charge in [-0.05, 0) is 29.8 Å². The van der Waals surface area contributed by atoms with Crippen LogP contribution in [0.4, 0.5) is 13.2 Å². The summed E-state index contributed by atoms with van der Waals surface area (Å²) < 4.78 is 51.0. The highest BCUT2D eigenvalue weighted by atomic mass is 35.5. The number of alkyl halides is 3. The van der Waals surface area contributed by atoms with Gasteiger partial charge in [0.15, 0.2) is 22.3 Å². The third-order valence-electron chi connectivity index (χ3n) is 3.72. The molecule has 3 aromatic rings. The van der Waals surface area contributed by atoms with Crippen LogP contribution in [0.3, 0.4) is 0 Å². The topological polar surface area (TPSA) is 48.7 Å². The number of pyridine rings is 1. The second kappa shape index (κ2) is 6.55. The molecule has 0 radical (unpaired) electrons. The van der Waals surface area contributed by atoms with E-state index in [9.17, 15) is 13.2 Å². The van der Waals surface area contributed by atoms with E-state index in [0.717, 1.165) is 17.8 Å². The van der Waals surface area contributed by atoms with Crippen molar-refractivity contribution in [3.05, 3.63) is 46.6 Å². The van der Waals surface area contributed by atoms with Crippen LogP contribution in [0.2, 0.25) is 5.02 Å². The maximum Gasteiger partial charge on any atom is 0.417 e. The summed E-state index contributed by atoms with van der Waals surface area (Å²) in [6.07, 6.45) is -3.43. The van der Waals surface area contributed by atoms with Crippen molar-refractivity contribution in [3.63, 3.8) is 0 Å². The summed E-state index contributed by atoms with van der Waals surface area (Å²) in [5, 5.41) is 8.65. The van der Waals surface area contributed by atoms with Gasteiger partial charge >= 0.3 is 6.18 Å². The molecule has 10 heteroatoms. The lowest BCUT2D eigenvalue weighted by atomic mass is 10.2. The van der Waals surface area contributed by atoms with Crippen molar-refractivity contribution in [1.82, 2.24) is 14.6 Å². The van der Waals surface area contributed by atoms with Crippen molar-refractivity contribution in [2.75, 3.05) is 13.2 Å². The summed E-state index contributed by atoms with van der Waals surface area (Å²) in [5.74, 6) is 1.51. The Morgan fingerprint density at radius 2 is 1.96 bits per heavy atom. The van der Waals surface area contributed by atoms with Gasteiger partial charge in [0.2, 0.25) is 0 Å². The summed E-state index contributed by atoms with van der Waals surface area (Å²) in [5.41, 5.74) is 0.433. The molecule has 5 nitrogen and oxygen atoms in total. The number of benzene rings is 1. The van der Waals surface area contributed by atoms with Gasteiger partial charge in [0.05, 0.1) is 10.6 Å². The number of ether oxygens (including phenoxy) is 2. The highest BCUT2D eigenvalue weighted by Gasteiger charge is 2.31. The van der Waals surface area contributed by atoms with Crippen molar-refractivity contribution in [1.29, 1.82) is 0 Å². The Morgan fingerprint density at radius 1 is 1.15 bits per heavy atom. The number of hydrogen-bond donors (Lipinski definition) is 0. The summed E-state index contributed by atoms with van der Waals surface area (Å²) in [4.78, 5) is 0. The van der Waals surface area contributed by atoms with Gasteiger partial charge in [-0.25, -0.2) is 0 Å². The molecule has 1 aromatic carbocycles. The molecule has 2 aromatic heterocycles. The fourth-order valence-corrected chi connectivity index (χ4v) is 3.67. The van der Waals surface area contributed by atoms with Gasteiger partial charge in [0.25, 0.3) is 0 Å². The van der Waals surface area contributed by atoms with Crippen LogP contribution in [-0.2, 0) is 11.9 Å². The molecule has 136 valence electrons. The smallest absolute Gasteiger partial charge is 0.417 e. The Bertz CT molecular complexity index is 977. The zero-order chi connectivity index (χ0) is 18.3. The summed E-state index contributed by atoms with van der Waals surface area (Å²) in [6.45, 7) is 0.878. The SMILES string of the molecule is FC(F)(F)c1ccc2nnc(SCc3cc(Cl)c4c(c3)OCCO4)n2c1. The maximum absolute atomic E-state index is 12.9. The molecule has 1 aliphatic rings. The molecule has 0 unspecified atom stereocenters. The van der Waals surface area contributed by atoms with Crippen LogP contribution in [0.15, 0.2) is 35.6 Å². The molecule has 1 aliphatic heterocycles. The van der Waals surface area contributed by atoms with Crippen molar-refractivity contribution >= 4 is 29.0 Å². The van der Waals surface area contributed by atoms with Crippen LogP contribution < -0.4 is 9.47 Å². The number of thioether (sulfide) groups is 1. The molecular formula is C16H11ClF3N3O2S. The van der Waals surface area contributed by atoms with Gasteiger partial charge in [0.1, 0.15) is 13.2 Å². The minimum Gasteiger partial charge on any atom is -0.486 e. The first-order valence-electron chi connectivity index (χ1n) is 7.54. The second-order valence-corrected chi connectivity index (χ2v) is 6.87. The van der Waals surface area contributed by atoms with E-state index in [1.54, 1.807) is 12.1 Å². The molecule has 0 saturated carbocycles. The van der Waals surface area contributed by atoms with E-state index in [2.05, 4.69) is 10.2 Å². The molecule has 0 amide bonds. The first-order valence-corrected chi connectivity index (χ1v) is 8.91. The molecule has 0 bridgehead atoms. The molecule has 0 spiro atoms. The number of hydrogen-bond acceptors (Lipinski definition) is 5. The average Bonchev–Trinajstić information content (AvgIpc) is 3.01. The number of halogens is 4. The molecule has 0 aliphatic carbocycles. The number of aromatic nitrogens is 3. The first-order chi connectivity index (χ1) is 12.4. The molecule has 0 fully saturated rings. The van der Waals surface area contributed by atoms with Crippen LogP contribution >= 0.6 is 23.4 Å². The molecule has 0 N–H and O–H groups in total. The first kappa shape index (κ1) is 17.3. The average molecular weight is 402 g/mol. The zero-order valence-corrected chi connectivity index (χ0v) is 14.7. The Hall–Kier alpha value is -2.13. The normalized spacial score (nSPS) is 14.0. The van der Waals surface area contributed by atoms with Crippen molar-refractivity contribution < 1.29 is 22.6 Å². The van der Waals surface area contributed by atoms with Gasteiger partial charge in [-0.2, -0.15) is 13.2 Å². The Kier molecular flexibility index (Phi) is 4.36. The fraction of sp³-hybridized carbons (Fsp3) is 0.250. The van der Waals surface area contributed by atoms with Crippen LogP contribution in [0.1, 0.15) is 11.1 Å². The monoisotopic (exact) mass is 401 g/mol. The van der Waals surface area contributed by atoms with E-state index in [-0.39, 0.29) is 0 Å². The van der Waals surface area contributed by atoms with Crippen LogP contribution in [-0.4, -0.2) is 27.8 Å². The lowest BCUT2D eigenvalue weighted by molar-refractivity contribution is -0.137. The van der Waals surface area contributed by atoms with Gasteiger partial charge in [-0.3, -0.25) is 4.40 Å². The molecule has 0 atom stereocenters. The standard InChI is InChI=1S/C16H11ClF3N3O2S/c17-11-5-9(6-12-14(11)25-4-3-24-12)8-26-15-22-21-13-2-1-10(7-23(13)15)16(18,19)20/h1-2,5-7H,3-4,8H2. The lowest BCUT2D eigenvalue weighted by Gasteiger charge is -2.20. The predicted octanol–water partition coefficient (Wildman–Crippen LogP) is 4.47. The highest BCUT2D eigenvalue weighted by Crippen LogP contribution is 2.39. The van der Waals surface area contributed by atoms with Crippen molar-refractivity contribution in [2.45, 2.75) is 17.1 Å². The molecule has 4 rings (SSSR count). The van der Waals surface area contributed by atoms with Gasteiger partial charge < -0.3 is 9.47 Å². The Morgan fingerprint density at radius 3 is 2.77 bits per heavy atom. The van der Waals surface area contributed by atoms with Gasteiger partial charge in [0, 0.05) is 11.9 Å². The second-order valence-electron chi connectivity index (χ2n) is 5.52. The van der Waals surface area contributed by atoms with E-state index in [4.69, 9.17) is 21.1 Å². The van der Waals surface area contributed by atoms with E-state index in [0.29, 0.717) is 46.3 Å². The minimum absolute atomic E-state index is 0.348. The highest BCUT2D eigenvalue weighted by molar-refractivity contribution is 7.98.